The van der Waals surface area contributed by atoms with Crippen LogP contribution in [0.5, 0.6) is 0 Å². The van der Waals surface area contributed by atoms with Gasteiger partial charge in [-0.15, -0.1) is 15.3 Å². The van der Waals surface area contributed by atoms with Crippen LogP contribution in [0.25, 0.3) is 5.65 Å². The number of piperidine rings is 1. The van der Waals surface area contributed by atoms with E-state index in [1.807, 2.05) is 12.1 Å². The van der Waals surface area contributed by atoms with Gasteiger partial charge in [0.25, 0.3) is 0 Å². The number of hydrogen-bond donors (Lipinski definition) is 1. The Bertz CT molecular complexity index is 951. The highest BCUT2D eigenvalue weighted by Gasteiger charge is 2.26. The molecule has 134 valence electrons. The summed E-state index contributed by atoms with van der Waals surface area (Å²) in [6, 6.07) is 8.86. The Kier molecular flexibility index (Phi) is 4.65. The second kappa shape index (κ2) is 7.09. The molecule has 2 aromatic heterocycles. The fourth-order valence-electron chi connectivity index (χ4n) is 3.08. The molecule has 4 rings (SSSR count). The summed E-state index contributed by atoms with van der Waals surface area (Å²) in [5, 5.41) is 16.2. The summed E-state index contributed by atoms with van der Waals surface area (Å²) in [6.45, 7) is 1.51. The van der Waals surface area contributed by atoms with Crippen LogP contribution in [0, 0.1) is 5.92 Å². The number of anilines is 2. The lowest BCUT2D eigenvalue weighted by Crippen LogP contribution is -2.38. The molecule has 0 saturated carbocycles. The van der Waals surface area contributed by atoms with Crippen molar-refractivity contribution in [1.29, 1.82) is 0 Å². The maximum absolute atomic E-state index is 12.5. The third-order valence-corrected chi connectivity index (χ3v) is 5.07. The Morgan fingerprint density at radius 2 is 1.96 bits per heavy atom. The molecule has 3 heterocycles. The molecule has 1 saturated heterocycles. The lowest BCUT2D eigenvalue weighted by Gasteiger charge is -2.32. The molecule has 0 atom stereocenters. The minimum Gasteiger partial charge on any atom is -0.355 e. The van der Waals surface area contributed by atoms with E-state index in [1.165, 1.54) is 0 Å². The first-order chi connectivity index (χ1) is 12.6. The highest BCUT2D eigenvalue weighted by molar-refractivity contribution is 6.36. The predicted molar refractivity (Wildman–Crippen MR) is 101 cm³/mol. The normalized spacial score (nSPS) is 15.4. The first-order valence-electron chi connectivity index (χ1n) is 8.28. The van der Waals surface area contributed by atoms with Gasteiger partial charge in [0, 0.05) is 24.0 Å². The van der Waals surface area contributed by atoms with E-state index in [9.17, 15) is 4.79 Å². The van der Waals surface area contributed by atoms with Crippen LogP contribution in [-0.2, 0) is 4.79 Å². The van der Waals surface area contributed by atoms with Crippen LogP contribution >= 0.6 is 23.2 Å². The lowest BCUT2D eigenvalue weighted by atomic mass is 9.96. The molecule has 7 nitrogen and oxygen atoms in total. The Morgan fingerprint density at radius 3 is 2.73 bits per heavy atom. The van der Waals surface area contributed by atoms with E-state index < -0.39 is 0 Å². The number of aromatic nitrogens is 4. The zero-order chi connectivity index (χ0) is 18.1. The third kappa shape index (κ3) is 3.45. The van der Waals surface area contributed by atoms with Gasteiger partial charge in [-0.3, -0.25) is 4.79 Å². The average Bonchev–Trinajstić information content (AvgIpc) is 3.12. The van der Waals surface area contributed by atoms with Gasteiger partial charge in [-0.25, -0.2) is 0 Å². The summed E-state index contributed by atoms with van der Waals surface area (Å²) >= 11 is 12.0. The molecule has 26 heavy (non-hydrogen) atoms. The molecule has 9 heteroatoms. The quantitative estimate of drug-likeness (QED) is 0.742. The topological polar surface area (TPSA) is 75.4 Å². The molecule has 1 amide bonds. The van der Waals surface area contributed by atoms with E-state index in [-0.39, 0.29) is 11.8 Å². The monoisotopic (exact) mass is 390 g/mol. The highest BCUT2D eigenvalue weighted by atomic mass is 35.5. The van der Waals surface area contributed by atoms with Gasteiger partial charge in [0.2, 0.25) is 5.91 Å². The van der Waals surface area contributed by atoms with E-state index in [2.05, 4.69) is 25.5 Å². The Labute approximate surface area is 159 Å². The van der Waals surface area contributed by atoms with E-state index >= 15 is 0 Å². The summed E-state index contributed by atoms with van der Waals surface area (Å²) in [5.74, 6) is 0.782. The van der Waals surface area contributed by atoms with Crippen LogP contribution in [0.15, 0.2) is 36.7 Å². The van der Waals surface area contributed by atoms with Crippen molar-refractivity contribution in [1.82, 2.24) is 19.8 Å². The fourth-order valence-corrected chi connectivity index (χ4v) is 3.54. The Balaban J connectivity index is 1.38. The molecule has 3 aromatic rings. The van der Waals surface area contributed by atoms with Crippen LogP contribution in [0.1, 0.15) is 12.8 Å². The molecular formula is C17H16Cl2N6O. The van der Waals surface area contributed by atoms with Crippen molar-refractivity contribution >= 4 is 46.3 Å². The Hall–Kier alpha value is -2.38. The number of nitrogens with one attached hydrogen (secondary N) is 1. The molecule has 1 aliphatic rings. The summed E-state index contributed by atoms with van der Waals surface area (Å²) < 4.78 is 1.65. The van der Waals surface area contributed by atoms with Gasteiger partial charge in [-0.1, -0.05) is 23.2 Å². The number of halogens is 2. The van der Waals surface area contributed by atoms with Crippen molar-refractivity contribution in [2.45, 2.75) is 12.8 Å². The molecule has 0 spiro atoms. The molecule has 1 aromatic carbocycles. The molecule has 0 bridgehead atoms. The minimum absolute atomic E-state index is 0.0175. The van der Waals surface area contributed by atoms with Gasteiger partial charge < -0.3 is 10.2 Å². The minimum atomic E-state index is -0.0587. The van der Waals surface area contributed by atoms with Crippen LogP contribution in [0.3, 0.4) is 0 Å². The van der Waals surface area contributed by atoms with Crippen molar-refractivity contribution in [2.24, 2.45) is 5.92 Å². The van der Waals surface area contributed by atoms with Gasteiger partial charge in [0.05, 0.1) is 10.7 Å². The van der Waals surface area contributed by atoms with Crippen molar-refractivity contribution < 1.29 is 4.79 Å². The van der Waals surface area contributed by atoms with Gasteiger partial charge in [-0.05, 0) is 43.2 Å². The summed E-state index contributed by atoms with van der Waals surface area (Å²) in [5.41, 5.74) is 1.30. The molecule has 1 fully saturated rings. The van der Waals surface area contributed by atoms with Crippen LogP contribution in [0.4, 0.5) is 11.5 Å². The van der Waals surface area contributed by atoms with Crippen LogP contribution < -0.4 is 10.2 Å². The zero-order valence-electron chi connectivity index (χ0n) is 13.8. The Morgan fingerprint density at radius 1 is 1.15 bits per heavy atom. The summed E-state index contributed by atoms with van der Waals surface area (Å²) in [7, 11) is 0. The van der Waals surface area contributed by atoms with Crippen LogP contribution in [0.2, 0.25) is 10.0 Å². The molecule has 0 radical (unpaired) electrons. The molecule has 1 aliphatic heterocycles. The second-order valence-corrected chi connectivity index (χ2v) is 7.04. The lowest BCUT2D eigenvalue weighted by molar-refractivity contribution is -0.120. The van der Waals surface area contributed by atoms with E-state index in [0.29, 0.717) is 21.4 Å². The number of rotatable bonds is 3. The number of amides is 1. The summed E-state index contributed by atoms with van der Waals surface area (Å²) in [6.07, 6.45) is 3.08. The van der Waals surface area contributed by atoms with Gasteiger partial charge in [0.1, 0.15) is 12.1 Å². The van der Waals surface area contributed by atoms with Crippen molar-refractivity contribution in [3.8, 4) is 0 Å². The second-order valence-electron chi connectivity index (χ2n) is 6.20. The number of carbonyl (C=O) groups excluding carboxylic acids is 1. The SMILES string of the molecule is O=C(Nc1ccc(Cl)cc1Cl)C1CCN(c2ccc3nncn3n2)CC1. The van der Waals surface area contributed by atoms with Gasteiger partial charge >= 0.3 is 0 Å². The molecule has 0 unspecified atom stereocenters. The number of fused-ring (bicyclic) bond motifs is 1. The van der Waals surface area contributed by atoms with Gasteiger partial charge in [0.15, 0.2) is 5.65 Å². The maximum atomic E-state index is 12.5. The molecule has 0 aliphatic carbocycles. The third-order valence-electron chi connectivity index (χ3n) is 4.53. The van der Waals surface area contributed by atoms with E-state index in [4.69, 9.17) is 23.2 Å². The summed E-state index contributed by atoms with van der Waals surface area (Å²) in [4.78, 5) is 14.7. The largest absolute Gasteiger partial charge is 0.355 e. The number of carbonyl (C=O) groups is 1. The van der Waals surface area contributed by atoms with E-state index in [0.717, 1.165) is 31.7 Å². The number of benzene rings is 1. The molecular weight excluding hydrogens is 375 g/mol. The predicted octanol–water partition coefficient (Wildman–Crippen LogP) is 3.29. The number of nitrogens with zero attached hydrogens (tertiary/aromatic N) is 5. The maximum Gasteiger partial charge on any atom is 0.227 e. The average molecular weight is 391 g/mol. The zero-order valence-corrected chi connectivity index (χ0v) is 15.3. The van der Waals surface area contributed by atoms with Crippen molar-refractivity contribution in [2.75, 3.05) is 23.3 Å². The van der Waals surface area contributed by atoms with Crippen molar-refractivity contribution in [3.05, 3.63) is 46.7 Å². The highest BCUT2D eigenvalue weighted by Crippen LogP contribution is 2.28. The molecule has 1 N–H and O–H groups in total. The van der Waals surface area contributed by atoms with Crippen LogP contribution in [-0.4, -0.2) is 38.8 Å². The first-order valence-corrected chi connectivity index (χ1v) is 9.04. The smallest absolute Gasteiger partial charge is 0.227 e. The van der Waals surface area contributed by atoms with E-state index in [1.54, 1.807) is 29.0 Å². The standard InChI is InChI=1S/C17H16Cl2N6O/c18-12-1-2-14(13(19)9-12)21-17(26)11-5-7-24(8-6-11)16-4-3-15-22-20-10-25(15)23-16/h1-4,9-11H,5-8H2,(H,21,26). The number of hydrogen-bond acceptors (Lipinski definition) is 5. The first kappa shape index (κ1) is 17.1. The van der Waals surface area contributed by atoms with Gasteiger partial charge in [-0.2, -0.15) is 4.52 Å². The van der Waals surface area contributed by atoms with Crippen molar-refractivity contribution in [3.63, 3.8) is 0 Å². The fraction of sp³-hybridized carbons (Fsp3) is 0.294.